The molecule has 224 valence electrons. The van der Waals surface area contributed by atoms with Crippen LogP contribution in [0.3, 0.4) is 0 Å². The lowest BCUT2D eigenvalue weighted by Crippen LogP contribution is -2.38. The van der Waals surface area contributed by atoms with Crippen LogP contribution in [0, 0.1) is 13.8 Å². The average Bonchev–Trinajstić information content (AvgIpc) is 3.52. The Labute approximate surface area is 251 Å². The van der Waals surface area contributed by atoms with Gasteiger partial charge in [-0.1, -0.05) is 6.08 Å². The molecule has 14 nitrogen and oxygen atoms in total. The number of rotatable bonds is 6. The standard InChI is InChI=1S/C31H22N6O8/c1-14-20(26(38)32-24-22(14)28(40)36(34-24)18-10-6-16(7-11-18)30(42)43)4-3-5-21-15(2)23-25(33-27(21)39)35-37(29(23)41)19-12-8-17(9-13-19)31(44)45/h3-13H,1-2H3,(H,42,43)(H,44,45)(H,32,34,38)(H2,33,35,39)/b5-3?,20-4+. The SMILES string of the molecule is Cc1c(C=C/C=c2\c(C)c3c([nH]c2=O)=NN(c2ccc(C(=O)O)cc2)C3=O)c(O)[nH]c2nn(-c3ccc(C(=O)O)cc3)c(=O)c1-2. The van der Waals surface area contributed by atoms with Crippen LogP contribution < -0.4 is 26.8 Å². The third-order valence-electron chi connectivity index (χ3n) is 7.46. The van der Waals surface area contributed by atoms with Crippen molar-refractivity contribution in [1.82, 2.24) is 19.7 Å². The Morgan fingerprint density at radius 2 is 1.42 bits per heavy atom. The topological polar surface area (TPSA) is 211 Å². The zero-order valence-corrected chi connectivity index (χ0v) is 23.5. The van der Waals surface area contributed by atoms with Crippen molar-refractivity contribution in [3.05, 3.63) is 119 Å². The van der Waals surface area contributed by atoms with Crippen LogP contribution in [0.1, 0.15) is 47.8 Å². The van der Waals surface area contributed by atoms with E-state index in [1.807, 2.05) is 0 Å². The number of pyridine rings is 2. The van der Waals surface area contributed by atoms with Crippen molar-refractivity contribution in [3.8, 4) is 23.0 Å². The molecule has 0 fully saturated rings. The zero-order valence-electron chi connectivity index (χ0n) is 23.5. The molecule has 6 rings (SSSR count). The first-order chi connectivity index (χ1) is 21.5. The van der Waals surface area contributed by atoms with Crippen LogP contribution in [0.5, 0.6) is 5.88 Å². The Balaban J connectivity index is 1.35. The molecule has 4 heterocycles. The van der Waals surface area contributed by atoms with Gasteiger partial charge in [-0.05, 0) is 85.7 Å². The highest BCUT2D eigenvalue weighted by Crippen LogP contribution is 2.30. The summed E-state index contributed by atoms with van der Waals surface area (Å²) in [6, 6.07) is 11.2. The number of amides is 1. The molecular formula is C31H22N6O8. The predicted octanol–water partition coefficient (Wildman–Crippen LogP) is 1.76. The van der Waals surface area contributed by atoms with Crippen LogP contribution in [0.15, 0.2) is 69.3 Å². The van der Waals surface area contributed by atoms with Crippen molar-refractivity contribution >= 4 is 35.7 Å². The third kappa shape index (κ3) is 4.75. The van der Waals surface area contributed by atoms with E-state index in [1.165, 1.54) is 66.8 Å². The Morgan fingerprint density at radius 1 is 0.822 bits per heavy atom. The molecule has 0 radical (unpaired) electrons. The van der Waals surface area contributed by atoms with E-state index >= 15 is 0 Å². The largest absolute Gasteiger partial charge is 0.494 e. The highest BCUT2D eigenvalue weighted by molar-refractivity contribution is 6.08. The third-order valence-corrected chi connectivity index (χ3v) is 7.46. The maximum absolute atomic E-state index is 13.3. The molecule has 5 N–H and O–H groups in total. The minimum Gasteiger partial charge on any atom is -0.494 e. The number of benzene rings is 2. The van der Waals surface area contributed by atoms with E-state index in [1.54, 1.807) is 13.8 Å². The number of aromatic hydroxyl groups is 1. The maximum Gasteiger partial charge on any atom is 0.335 e. The van der Waals surface area contributed by atoms with E-state index in [-0.39, 0.29) is 50.2 Å². The Bertz CT molecular complexity index is 2310. The van der Waals surface area contributed by atoms with Gasteiger partial charge in [0.1, 0.15) is 0 Å². The summed E-state index contributed by atoms with van der Waals surface area (Å²) >= 11 is 0. The van der Waals surface area contributed by atoms with Crippen molar-refractivity contribution < 1.29 is 29.7 Å². The van der Waals surface area contributed by atoms with E-state index in [4.69, 9.17) is 10.2 Å². The van der Waals surface area contributed by atoms with Gasteiger partial charge in [0.15, 0.2) is 17.2 Å². The van der Waals surface area contributed by atoms with Crippen LogP contribution in [-0.2, 0) is 0 Å². The fraction of sp³-hybridized carbons (Fsp3) is 0.0645. The van der Waals surface area contributed by atoms with Crippen molar-refractivity contribution in [2.45, 2.75) is 13.8 Å². The monoisotopic (exact) mass is 606 g/mol. The number of fused-ring (bicyclic) bond motifs is 2. The number of hydrogen-bond donors (Lipinski definition) is 5. The van der Waals surface area contributed by atoms with E-state index in [0.717, 1.165) is 9.69 Å². The van der Waals surface area contributed by atoms with E-state index in [9.17, 15) is 29.1 Å². The summed E-state index contributed by atoms with van der Waals surface area (Å²) in [6.45, 7) is 3.23. The molecule has 0 aliphatic carbocycles. The molecular weight excluding hydrogens is 584 g/mol. The second-order valence-corrected chi connectivity index (χ2v) is 10.1. The quantitative estimate of drug-likeness (QED) is 0.190. The van der Waals surface area contributed by atoms with Gasteiger partial charge in [-0.15, -0.1) is 10.2 Å². The number of carbonyl (C=O) groups excluding carboxylic acids is 1. The number of H-pyrrole nitrogens is 2. The molecule has 14 heteroatoms. The summed E-state index contributed by atoms with van der Waals surface area (Å²) in [4.78, 5) is 67.1. The lowest BCUT2D eigenvalue weighted by atomic mass is 10.0. The van der Waals surface area contributed by atoms with E-state index in [2.05, 4.69) is 20.2 Å². The lowest BCUT2D eigenvalue weighted by Gasteiger charge is -2.12. The van der Waals surface area contributed by atoms with Crippen LogP contribution in [0.4, 0.5) is 5.69 Å². The lowest BCUT2D eigenvalue weighted by molar-refractivity contribution is 0.0686. The summed E-state index contributed by atoms with van der Waals surface area (Å²) in [6.07, 6.45) is 4.44. The first-order valence-electron chi connectivity index (χ1n) is 13.3. The summed E-state index contributed by atoms with van der Waals surface area (Å²) in [5.41, 5.74) is 1.20. The van der Waals surface area contributed by atoms with Gasteiger partial charge in [0.05, 0.1) is 33.6 Å². The minimum atomic E-state index is -1.11. The van der Waals surface area contributed by atoms with Gasteiger partial charge in [-0.25, -0.2) is 9.59 Å². The number of aromatic amines is 2. The number of nitrogens with zero attached hydrogens (tertiary/aromatic N) is 4. The molecule has 3 aromatic rings. The zero-order chi connectivity index (χ0) is 32.2. The van der Waals surface area contributed by atoms with Crippen LogP contribution >= 0.6 is 0 Å². The normalized spacial score (nSPS) is 13.1. The molecule has 0 saturated heterocycles. The second kappa shape index (κ2) is 10.6. The van der Waals surface area contributed by atoms with Crippen molar-refractivity contribution in [2.75, 3.05) is 5.01 Å². The number of aromatic carboxylic acids is 2. The van der Waals surface area contributed by atoms with Crippen molar-refractivity contribution in [3.63, 3.8) is 0 Å². The van der Waals surface area contributed by atoms with Gasteiger partial charge < -0.3 is 25.3 Å². The van der Waals surface area contributed by atoms with Crippen molar-refractivity contribution in [1.29, 1.82) is 0 Å². The van der Waals surface area contributed by atoms with Gasteiger partial charge in [0.25, 0.3) is 17.0 Å². The van der Waals surface area contributed by atoms with Gasteiger partial charge in [-0.3, -0.25) is 14.4 Å². The van der Waals surface area contributed by atoms with Gasteiger partial charge in [0, 0.05) is 10.8 Å². The molecule has 0 unspecified atom stereocenters. The fourth-order valence-corrected chi connectivity index (χ4v) is 5.11. The predicted molar refractivity (Wildman–Crippen MR) is 160 cm³/mol. The Kier molecular flexibility index (Phi) is 6.73. The number of aromatic nitrogens is 4. The molecule has 0 spiro atoms. The molecule has 3 aliphatic heterocycles. The Morgan fingerprint density at radius 3 is 2.02 bits per heavy atom. The summed E-state index contributed by atoms with van der Waals surface area (Å²) in [5, 5.41) is 38.7. The molecule has 0 atom stereocenters. The van der Waals surface area contributed by atoms with Gasteiger partial charge in [-0.2, -0.15) is 9.69 Å². The average molecular weight is 607 g/mol. The first-order valence-corrected chi connectivity index (χ1v) is 13.3. The number of carboxylic acids is 2. The molecule has 0 saturated carbocycles. The van der Waals surface area contributed by atoms with Gasteiger partial charge >= 0.3 is 11.9 Å². The van der Waals surface area contributed by atoms with Crippen molar-refractivity contribution in [2.24, 2.45) is 5.10 Å². The number of carbonyl (C=O) groups is 3. The smallest absolute Gasteiger partial charge is 0.335 e. The number of anilines is 1. The molecule has 0 bridgehead atoms. The van der Waals surface area contributed by atoms with Gasteiger partial charge in [0.2, 0.25) is 0 Å². The summed E-state index contributed by atoms with van der Waals surface area (Å²) < 4.78 is 1.10. The van der Waals surface area contributed by atoms with Crippen LogP contribution in [0.2, 0.25) is 0 Å². The molecule has 45 heavy (non-hydrogen) atoms. The highest BCUT2D eigenvalue weighted by Gasteiger charge is 2.28. The van der Waals surface area contributed by atoms with E-state index < -0.39 is 29.0 Å². The number of hydrogen-bond acceptors (Lipinski definition) is 8. The summed E-state index contributed by atoms with van der Waals surface area (Å²) in [5.74, 6) is -2.89. The number of carboxylic acid groups (broad SMARTS) is 2. The summed E-state index contributed by atoms with van der Waals surface area (Å²) in [7, 11) is 0. The number of nitrogens with one attached hydrogen (secondary N) is 2. The fourth-order valence-electron chi connectivity index (χ4n) is 5.11. The molecule has 1 aromatic heterocycles. The molecule has 3 aliphatic rings. The Hall–Kier alpha value is -6.57. The molecule has 2 aromatic carbocycles. The first kappa shape index (κ1) is 28.5. The minimum absolute atomic E-state index is 0.0433. The second-order valence-electron chi connectivity index (χ2n) is 10.1. The number of allylic oxidation sites excluding steroid dienone is 1. The van der Waals surface area contributed by atoms with E-state index in [0.29, 0.717) is 22.5 Å². The van der Waals surface area contributed by atoms with Crippen LogP contribution in [0.25, 0.3) is 29.2 Å². The maximum atomic E-state index is 13.3. The van der Waals surface area contributed by atoms with Crippen LogP contribution in [-0.4, -0.2) is 52.9 Å². The molecule has 1 amide bonds. The highest BCUT2D eigenvalue weighted by atomic mass is 16.4.